The average molecular weight is 219 g/mol. The summed E-state index contributed by atoms with van der Waals surface area (Å²) in [4.78, 5) is 4.45. The number of aromatic nitrogens is 2. The Morgan fingerprint density at radius 3 is 2.81 bits per heavy atom. The van der Waals surface area contributed by atoms with Crippen LogP contribution in [0.5, 0.6) is 0 Å². The number of aliphatic hydroxyl groups is 1. The van der Waals surface area contributed by atoms with Crippen LogP contribution in [-0.4, -0.2) is 14.7 Å². The average Bonchev–Trinajstić information content (AvgIpc) is 2.66. The van der Waals surface area contributed by atoms with Crippen LogP contribution in [0.2, 0.25) is 0 Å². The zero-order valence-corrected chi connectivity index (χ0v) is 9.64. The second-order valence-corrected chi connectivity index (χ2v) is 3.92. The molecule has 0 bridgehead atoms. The first-order valence-corrected chi connectivity index (χ1v) is 5.54. The van der Waals surface area contributed by atoms with E-state index in [-0.39, 0.29) is 0 Å². The third-order valence-electron chi connectivity index (χ3n) is 2.77. The molecule has 0 spiro atoms. The van der Waals surface area contributed by atoms with Crippen molar-refractivity contribution in [2.75, 3.05) is 0 Å². The maximum Gasteiger partial charge on any atom is 0.138 e. The number of hydrogen-bond acceptors (Lipinski definition) is 3. The van der Waals surface area contributed by atoms with Crippen molar-refractivity contribution >= 4 is 11.0 Å². The zero-order chi connectivity index (χ0) is 11.7. The quantitative estimate of drug-likeness (QED) is 0.823. The molecule has 2 rings (SSSR count). The minimum absolute atomic E-state index is 0.513. The van der Waals surface area contributed by atoms with Crippen molar-refractivity contribution in [3.05, 3.63) is 29.6 Å². The minimum atomic E-state index is -0.548. The van der Waals surface area contributed by atoms with Gasteiger partial charge in [-0.15, -0.1) is 0 Å². The maximum absolute atomic E-state index is 9.66. The Balaban J connectivity index is 2.66. The van der Waals surface area contributed by atoms with Crippen LogP contribution in [-0.2, 0) is 13.1 Å². The van der Waals surface area contributed by atoms with Gasteiger partial charge in [0.2, 0.25) is 0 Å². The van der Waals surface area contributed by atoms with E-state index in [2.05, 4.69) is 4.98 Å². The van der Waals surface area contributed by atoms with Crippen LogP contribution in [0.4, 0.5) is 0 Å². The van der Waals surface area contributed by atoms with E-state index < -0.39 is 6.10 Å². The fraction of sp³-hybridized carbons (Fsp3) is 0.417. The van der Waals surface area contributed by atoms with E-state index in [1.54, 1.807) is 6.92 Å². The normalized spacial score (nSPS) is 13.2. The van der Waals surface area contributed by atoms with Crippen LogP contribution >= 0.6 is 0 Å². The topological polar surface area (TPSA) is 64.1 Å². The van der Waals surface area contributed by atoms with Gasteiger partial charge in [-0.1, -0.05) is 6.07 Å². The Kier molecular flexibility index (Phi) is 2.94. The van der Waals surface area contributed by atoms with Crippen LogP contribution < -0.4 is 5.73 Å². The van der Waals surface area contributed by atoms with Crippen LogP contribution in [0.3, 0.4) is 0 Å². The number of imidazole rings is 1. The van der Waals surface area contributed by atoms with Crippen LogP contribution in [0, 0.1) is 0 Å². The number of rotatable bonds is 3. The van der Waals surface area contributed by atoms with Gasteiger partial charge in [-0.05, 0) is 31.5 Å². The largest absolute Gasteiger partial charge is 0.385 e. The number of nitrogens with two attached hydrogens (primary N) is 1. The molecule has 4 nitrogen and oxygen atoms in total. The zero-order valence-electron chi connectivity index (χ0n) is 9.64. The third-order valence-corrected chi connectivity index (χ3v) is 2.77. The molecule has 0 aliphatic rings. The first-order chi connectivity index (χ1) is 7.67. The van der Waals surface area contributed by atoms with Gasteiger partial charge in [0.15, 0.2) is 0 Å². The number of nitrogens with zero attached hydrogens (tertiary/aromatic N) is 2. The molecule has 1 aromatic heterocycles. The number of aryl methyl sites for hydroxylation is 1. The first-order valence-electron chi connectivity index (χ1n) is 5.54. The fourth-order valence-electron chi connectivity index (χ4n) is 1.97. The van der Waals surface area contributed by atoms with E-state index in [9.17, 15) is 5.11 Å². The summed E-state index contributed by atoms with van der Waals surface area (Å²) in [6.45, 7) is 5.10. The Bertz CT molecular complexity index is 502. The summed E-state index contributed by atoms with van der Waals surface area (Å²) >= 11 is 0. The molecular formula is C12H17N3O. The summed E-state index contributed by atoms with van der Waals surface area (Å²) in [6, 6.07) is 6.00. The molecule has 86 valence electrons. The Hall–Kier alpha value is -1.39. The van der Waals surface area contributed by atoms with Gasteiger partial charge in [0.25, 0.3) is 0 Å². The highest BCUT2D eigenvalue weighted by Crippen LogP contribution is 2.21. The van der Waals surface area contributed by atoms with Crippen molar-refractivity contribution in [2.24, 2.45) is 5.73 Å². The fourth-order valence-corrected chi connectivity index (χ4v) is 1.97. The van der Waals surface area contributed by atoms with Crippen molar-refractivity contribution in [2.45, 2.75) is 33.0 Å². The molecule has 2 aromatic rings. The molecule has 16 heavy (non-hydrogen) atoms. The van der Waals surface area contributed by atoms with Gasteiger partial charge >= 0.3 is 0 Å². The van der Waals surface area contributed by atoms with Gasteiger partial charge < -0.3 is 15.4 Å². The lowest BCUT2D eigenvalue weighted by Crippen LogP contribution is -2.04. The van der Waals surface area contributed by atoms with Crippen LogP contribution in [0.15, 0.2) is 18.2 Å². The van der Waals surface area contributed by atoms with Gasteiger partial charge in [-0.2, -0.15) is 0 Å². The van der Waals surface area contributed by atoms with Crippen molar-refractivity contribution < 1.29 is 5.11 Å². The van der Waals surface area contributed by atoms with Crippen LogP contribution in [0.1, 0.15) is 31.3 Å². The predicted molar refractivity (Wildman–Crippen MR) is 63.9 cm³/mol. The molecule has 3 N–H and O–H groups in total. The SMILES string of the molecule is CCn1c(C(C)O)nc2cc(CN)ccc21. The third kappa shape index (κ3) is 1.70. The smallest absolute Gasteiger partial charge is 0.138 e. The first kappa shape index (κ1) is 11.1. The molecule has 1 unspecified atom stereocenters. The minimum Gasteiger partial charge on any atom is -0.385 e. The highest BCUT2D eigenvalue weighted by molar-refractivity contribution is 5.77. The van der Waals surface area contributed by atoms with E-state index in [4.69, 9.17) is 5.73 Å². The van der Waals surface area contributed by atoms with Crippen molar-refractivity contribution in [3.63, 3.8) is 0 Å². The highest BCUT2D eigenvalue weighted by Gasteiger charge is 2.13. The maximum atomic E-state index is 9.66. The molecule has 0 saturated carbocycles. The summed E-state index contributed by atoms with van der Waals surface area (Å²) in [5.41, 5.74) is 8.61. The molecule has 1 atom stereocenters. The monoisotopic (exact) mass is 219 g/mol. The van der Waals surface area contributed by atoms with Gasteiger partial charge in [0.05, 0.1) is 11.0 Å². The number of benzene rings is 1. The highest BCUT2D eigenvalue weighted by atomic mass is 16.3. The van der Waals surface area contributed by atoms with Crippen LogP contribution in [0.25, 0.3) is 11.0 Å². The van der Waals surface area contributed by atoms with Crippen molar-refractivity contribution in [1.82, 2.24) is 9.55 Å². The molecule has 1 aromatic carbocycles. The molecule has 4 heteroatoms. The standard InChI is InChI=1S/C12H17N3O/c1-3-15-11-5-4-9(7-13)6-10(11)14-12(15)8(2)16/h4-6,8,16H,3,7,13H2,1-2H3. The number of fused-ring (bicyclic) bond motifs is 1. The Morgan fingerprint density at radius 1 is 1.50 bits per heavy atom. The van der Waals surface area contributed by atoms with Gasteiger partial charge in [-0.25, -0.2) is 4.98 Å². The summed E-state index contributed by atoms with van der Waals surface area (Å²) in [7, 11) is 0. The summed E-state index contributed by atoms with van der Waals surface area (Å²) in [6.07, 6.45) is -0.548. The molecular weight excluding hydrogens is 202 g/mol. The van der Waals surface area contributed by atoms with E-state index in [0.29, 0.717) is 12.4 Å². The lowest BCUT2D eigenvalue weighted by Gasteiger charge is -2.07. The molecule has 0 radical (unpaired) electrons. The van der Waals surface area contributed by atoms with Crippen molar-refractivity contribution in [1.29, 1.82) is 0 Å². The summed E-state index contributed by atoms with van der Waals surface area (Å²) in [5.74, 6) is 0.715. The molecule has 0 amide bonds. The molecule has 0 fully saturated rings. The van der Waals surface area contributed by atoms with Gasteiger partial charge in [0, 0.05) is 13.1 Å². The Labute approximate surface area is 94.7 Å². The van der Waals surface area contributed by atoms with Gasteiger partial charge in [0.1, 0.15) is 11.9 Å². The second kappa shape index (κ2) is 4.23. The van der Waals surface area contributed by atoms with E-state index in [1.165, 1.54) is 0 Å². The van der Waals surface area contributed by atoms with E-state index in [1.807, 2.05) is 29.7 Å². The van der Waals surface area contributed by atoms with E-state index >= 15 is 0 Å². The van der Waals surface area contributed by atoms with E-state index in [0.717, 1.165) is 23.1 Å². The summed E-state index contributed by atoms with van der Waals surface area (Å²) in [5, 5.41) is 9.66. The second-order valence-electron chi connectivity index (χ2n) is 3.92. The molecule has 1 heterocycles. The van der Waals surface area contributed by atoms with Crippen molar-refractivity contribution in [3.8, 4) is 0 Å². The molecule has 0 aliphatic heterocycles. The molecule has 0 aliphatic carbocycles. The predicted octanol–water partition coefficient (Wildman–Crippen LogP) is 1.57. The number of hydrogen-bond donors (Lipinski definition) is 2. The lowest BCUT2D eigenvalue weighted by molar-refractivity contribution is 0.184. The Morgan fingerprint density at radius 2 is 2.25 bits per heavy atom. The lowest BCUT2D eigenvalue weighted by atomic mass is 10.2. The summed E-state index contributed by atoms with van der Waals surface area (Å²) < 4.78 is 2.03. The molecule has 0 saturated heterocycles. The van der Waals surface area contributed by atoms with Gasteiger partial charge in [-0.3, -0.25) is 0 Å². The number of aliphatic hydroxyl groups excluding tert-OH is 1.